The molecule has 0 saturated heterocycles. The molecule has 0 amide bonds. The van der Waals surface area contributed by atoms with E-state index in [0.29, 0.717) is 17.8 Å². The molecular weight excluding hydrogens is 250 g/mol. The molecule has 0 radical (unpaired) electrons. The number of alkyl halides is 1. The lowest BCUT2D eigenvalue weighted by Gasteiger charge is -2.07. The van der Waals surface area contributed by atoms with Crippen molar-refractivity contribution in [3.63, 3.8) is 0 Å². The van der Waals surface area contributed by atoms with Crippen LogP contribution in [0.25, 0.3) is 0 Å². The van der Waals surface area contributed by atoms with Crippen LogP contribution in [0.2, 0.25) is 0 Å². The summed E-state index contributed by atoms with van der Waals surface area (Å²) < 4.78 is 5.53. The molecule has 0 atom stereocenters. The molecular formula is C13H16BClO3. The third-order valence-corrected chi connectivity index (χ3v) is 2.60. The molecule has 0 aliphatic rings. The predicted octanol–water partition coefficient (Wildman–Crippen LogP) is 2.28. The van der Waals surface area contributed by atoms with Gasteiger partial charge in [0, 0.05) is 0 Å². The van der Waals surface area contributed by atoms with Gasteiger partial charge in [0.25, 0.3) is 0 Å². The van der Waals surface area contributed by atoms with Crippen molar-refractivity contribution in [1.82, 2.24) is 0 Å². The zero-order valence-corrected chi connectivity index (χ0v) is 11.0. The molecule has 5 heteroatoms. The summed E-state index contributed by atoms with van der Waals surface area (Å²) in [5.74, 6) is 0.818. The minimum atomic E-state index is -1.45. The zero-order chi connectivity index (χ0) is 13.4. The molecule has 0 heterocycles. The zero-order valence-electron chi connectivity index (χ0n) is 10.2. The Morgan fingerprint density at radius 3 is 2.50 bits per heavy atom. The predicted molar refractivity (Wildman–Crippen MR) is 74.0 cm³/mol. The molecule has 3 nitrogen and oxygen atoms in total. The molecule has 1 rings (SSSR count). The first-order valence-corrected chi connectivity index (χ1v) is 6.13. The summed E-state index contributed by atoms with van der Waals surface area (Å²) in [5.41, 5.74) is 1.48. The monoisotopic (exact) mass is 266 g/mol. The van der Waals surface area contributed by atoms with Gasteiger partial charge in [-0.1, -0.05) is 36.4 Å². The Morgan fingerprint density at radius 2 is 1.94 bits per heavy atom. The van der Waals surface area contributed by atoms with Crippen LogP contribution in [0.1, 0.15) is 12.5 Å². The Hall–Kier alpha value is -1.23. The molecule has 1 aromatic rings. The molecule has 0 bridgehead atoms. The van der Waals surface area contributed by atoms with Gasteiger partial charge >= 0.3 is 7.12 Å². The van der Waals surface area contributed by atoms with Crippen LogP contribution in [-0.2, 0) is 11.3 Å². The quantitative estimate of drug-likeness (QED) is 0.359. The molecule has 2 N–H and O–H groups in total. The molecule has 0 spiro atoms. The number of ether oxygens (including phenoxy) is 1. The fraction of sp³-hybridized carbons (Fsp3) is 0.231. The maximum Gasteiger partial charge on any atom is 0.483 e. The fourth-order valence-electron chi connectivity index (χ4n) is 1.19. The average Bonchev–Trinajstić information content (AvgIpc) is 2.39. The van der Waals surface area contributed by atoms with Gasteiger partial charge in [0.15, 0.2) is 0 Å². The Morgan fingerprint density at radius 1 is 1.28 bits per heavy atom. The van der Waals surface area contributed by atoms with Gasteiger partial charge in [-0.2, -0.15) is 0 Å². The first kappa shape index (κ1) is 14.8. The number of hydrogen-bond donors (Lipinski definition) is 2. The van der Waals surface area contributed by atoms with Crippen molar-refractivity contribution in [2.45, 2.75) is 13.5 Å². The Bertz CT molecular complexity index is 416. The highest BCUT2D eigenvalue weighted by Crippen LogP contribution is 2.08. The molecule has 0 aliphatic carbocycles. The topological polar surface area (TPSA) is 49.7 Å². The molecule has 0 saturated carbocycles. The highest BCUT2D eigenvalue weighted by Gasteiger charge is 2.07. The summed E-state index contributed by atoms with van der Waals surface area (Å²) in [6, 6.07) is 9.75. The first-order chi connectivity index (χ1) is 8.63. The number of hydrogen-bond acceptors (Lipinski definition) is 3. The molecule has 0 aliphatic heterocycles. The SMILES string of the molecule is C/C(=C\C=C(/CCl)OCc1ccccc1)B(O)O. The maximum absolute atomic E-state index is 8.90. The van der Waals surface area contributed by atoms with E-state index in [-0.39, 0.29) is 5.88 Å². The van der Waals surface area contributed by atoms with Crippen molar-refractivity contribution in [1.29, 1.82) is 0 Å². The van der Waals surface area contributed by atoms with Crippen LogP contribution < -0.4 is 0 Å². The van der Waals surface area contributed by atoms with E-state index in [1.54, 1.807) is 19.1 Å². The van der Waals surface area contributed by atoms with Gasteiger partial charge in [-0.05, 0) is 24.0 Å². The summed E-state index contributed by atoms with van der Waals surface area (Å²) in [5, 5.41) is 17.8. The van der Waals surface area contributed by atoms with Gasteiger partial charge in [0.2, 0.25) is 0 Å². The van der Waals surface area contributed by atoms with E-state index in [4.69, 9.17) is 26.4 Å². The van der Waals surface area contributed by atoms with Crippen molar-refractivity contribution in [2.75, 3.05) is 5.88 Å². The molecule has 18 heavy (non-hydrogen) atoms. The minimum absolute atomic E-state index is 0.234. The van der Waals surface area contributed by atoms with Crippen LogP contribution in [0.4, 0.5) is 0 Å². The lowest BCUT2D eigenvalue weighted by molar-refractivity contribution is 0.202. The van der Waals surface area contributed by atoms with Crippen molar-refractivity contribution < 1.29 is 14.8 Å². The second-order valence-corrected chi connectivity index (χ2v) is 4.09. The first-order valence-electron chi connectivity index (χ1n) is 5.59. The van der Waals surface area contributed by atoms with Gasteiger partial charge in [0.05, 0.1) is 5.88 Å². The summed E-state index contributed by atoms with van der Waals surface area (Å²) in [6.07, 6.45) is 3.22. The average molecular weight is 267 g/mol. The highest BCUT2D eigenvalue weighted by molar-refractivity contribution is 6.50. The van der Waals surface area contributed by atoms with E-state index in [0.717, 1.165) is 5.56 Å². The Labute approximate surface area is 113 Å². The standard InChI is InChI=1S/C13H16BClO3/c1-11(14(16)17)7-8-13(9-15)18-10-12-5-3-2-4-6-12/h2-8,16-17H,9-10H2,1H3/b11-7+,13-8+. The van der Waals surface area contributed by atoms with E-state index in [9.17, 15) is 0 Å². The van der Waals surface area contributed by atoms with Gasteiger partial charge in [-0.25, -0.2) is 0 Å². The van der Waals surface area contributed by atoms with E-state index in [2.05, 4.69) is 0 Å². The van der Waals surface area contributed by atoms with Gasteiger partial charge in [-0.3, -0.25) is 0 Å². The van der Waals surface area contributed by atoms with Crippen molar-refractivity contribution in [3.8, 4) is 0 Å². The van der Waals surface area contributed by atoms with Crippen LogP contribution in [-0.4, -0.2) is 23.0 Å². The highest BCUT2D eigenvalue weighted by atomic mass is 35.5. The molecule has 0 fully saturated rings. The number of allylic oxidation sites excluding steroid dienone is 4. The fourth-order valence-corrected chi connectivity index (χ4v) is 1.36. The Kier molecular flexibility index (Phi) is 6.58. The van der Waals surface area contributed by atoms with Gasteiger partial charge in [-0.15, -0.1) is 11.6 Å². The van der Waals surface area contributed by atoms with Crippen LogP contribution in [0.15, 0.2) is 53.7 Å². The molecule has 1 aromatic carbocycles. The molecule has 0 unspecified atom stereocenters. The summed E-state index contributed by atoms with van der Waals surface area (Å²) in [7, 11) is -1.45. The van der Waals surface area contributed by atoms with Crippen molar-refractivity contribution in [2.24, 2.45) is 0 Å². The number of halogens is 1. The smallest absolute Gasteiger partial charge is 0.483 e. The van der Waals surface area contributed by atoms with Crippen LogP contribution in [0.5, 0.6) is 0 Å². The second-order valence-electron chi connectivity index (χ2n) is 3.83. The van der Waals surface area contributed by atoms with Crippen LogP contribution in [0.3, 0.4) is 0 Å². The Balaban J connectivity index is 2.57. The van der Waals surface area contributed by atoms with Crippen molar-refractivity contribution >= 4 is 18.7 Å². The van der Waals surface area contributed by atoms with Gasteiger partial charge < -0.3 is 14.8 Å². The minimum Gasteiger partial charge on any atom is -0.492 e. The summed E-state index contributed by atoms with van der Waals surface area (Å²) in [4.78, 5) is 0. The van der Waals surface area contributed by atoms with E-state index >= 15 is 0 Å². The summed E-state index contributed by atoms with van der Waals surface area (Å²) in [6.45, 7) is 2.05. The van der Waals surface area contributed by atoms with E-state index < -0.39 is 7.12 Å². The molecule has 0 aromatic heterocycles. The molecule has 96 valence electrons. The number of benzene rings is 1. The lowest BCUT2D eigenvalue weighted by Crippen LogP contribution is -2.12. The third-order valence-electron chi connectivity index (χ3n) is 2.34. The van der Waals surface area contributed by atoms with E-state index in [1.807, 2.05) is 30.3 Å². The summed E-state index contributed by atoms with van der Waals surface area (Å²) >= 11 is 5.75. The third kappa shape index (κ3) is 5.40. The lowest BCUT2D eigenvalue weighted by atomic mass is 9.80. The van der Waals surface area contributed by atoms with Crippen molar-refractivity contribution in [3.05, 3.63) is 59.3 Å². The second kappa shape index (κ2) is 7.98. The normalized spacial score (nSPS) is 12.4. The maximum atomic E-state index is 8.90. The van der Waals surface area contributed by atoms with Crippen LogP contribution >= 0.6 is 11.6 Å². The van der Waals surface area contributed by atoms with Gasteiger partial charge in [0.1, 0.15) is 12.4 Å². The number of rotatable bonds is 6. The van der Waals surface area contributed by atoms with E-state index in [1.165, 1.54) is 0 Å². The largest absolute Gasteiger partial charge is 0.492 e. The van der Waals surface area contributed by atoms with Crippen LogP contribution in [0, 0.1) is 0 Å².